The van der Waals surface area contributed by atoms with Crippen molar-refractivity contribution < 1.29 is 14.7 Å². The number of carboxylic acids is 1. The van der Waals surface area contributed by atoms with E-state index in [2.05, 4.69) is 5.32 Å². The van der Waals surface area contributed by atoms with Crippen LogP contribution in [0.1, 0.15) is 26.7 Å². The third-order valence-electron chi connectivity index (χ3n) is 2.99. The van der Waals surface area contributed by atoms with Crippen LogP contribution in [0.5, 0.6) is 0 Å². The predicted molar refractivity (Wildman–Crippen MR) is 72.8 cm³/mol. The highest BCUT2D eigenvalue weighted by Crippen LogP contribution is 2.20. The Morgan fingerprint density at radius 1 is 1.56 bits per heavy atom. The van der Waals surface area contributed by atoms with Crippen molar-refractivity contribution in [3.63, 3.8) is 0 Å². The van der Waals surface area contributed by atoms with Gasteiger partial charge in [0, 0.05) is 30.5 Å². The van der Waals surface area contributed by atoms with E-state index in [1.54, 1.807) is 16.7 Å². The molecular formula is C12H22N2O3S. The second-order valence-electron chi connectivity index (χ2n) is 4.58. The zero-order chi connectivity index (χ0) is 13.5. The van der Waals surface area contributed by atoms with Crippen molar-refractivity contribution in [3.8, 4) is 0 Å². The van der Waals surface area contributed by atoms with Crippen LogP contribution < -0.4 is 5.32 Å². The second-order valence-corrected chi connectivity index (χ2v) is 5.73. The summed E-state index contributed by atoms with van der Waals surface area (Å²) in [5.41, 5.74) is 0. The third kappa shape index (κ3) is 4.86. The Hall–Kier alpha value is -0.750. The summed E-state index contributed by atoms with van der Waals surface area (Å²) in [5, 5.41) is 12.1. The van der Waals surface area contributed by atoms with Crippen molar-refractivity contribution in [2.45, 2.75) is 38.8 Å². The van der Waals surface area contributed by atoms with Gasteiger partial charge >= 0.3 is 5.97 Å². The van der Waals surface area contributed by atoms with Crippen molar-refractivity contribution in [1.82, 2.24) is 10.2 Å². The third-order valence-corrected chi connectivity index (χ3v) is 4.08. The fourth-order valence-electron chi connectivity index (χ4n) is 2.15. The minimum Gasteiger partial charge on any atom is -0.481 e. The number of aliphatic carboxylic acids is 1. The van der Waals surface area contributed by atoms with Gasteiger partial charge in [0.05, 0.1) is 12.5 Å². The molecule has 1 amide bonds. The molecule has 0 aliphatic carbocycles. The van der Waals surface area contributed by atoms with Gasteiger partial charge in [0.2, 0.25) is 5.91 Å². The summed E-state index contributed by atoms with van der Waals surface area (Å²) >= 11 is 1.72. The first-order valence-electron chi connectivity index (χ1n) is 6.37. The van der Waals surface area contributed by atoms with Crippen molar-refractivity contribution in [2.75, 3.05) is 24.6 Å². The highest BCUT2D eigenvalue weighted by Gasteiger charge is 2.29. The second kappa shape index (κ2) is 7.63. The molecule has 2 N–H and O–H groups in total. The number of hydrogen-bond donors (Lipinski definition) is 2. The van der Waals surface area contributed by atoms with Crippen molar-refractivity contribution in [2.24, 2.45) is 0 Å². The zero-order valence-corrected chi connectivity index (χ0v) is 11.8. The van der Waals surface area contributed by atoms with Crippen LogP contribution in [-0.4, -0.2) is 58.6 Å². The number of nitrogens with one attached hydrogen (secondary N) is 1. The molecule has 0 bridgehead atoms. The minimum atomic E-state index is -0.833. The lowest BCUT2D eigenvalue weighted by Gasteiger charge is -2.35. The predicted octanol–water partition coefficient (Wildman–Crippen LogP) is 0.793. The van der Waals surface area contributed by atoms with E-state index in [-0.39, 0.29) is 24.4 Å². The summed E-state index contributed by atoms with van der Waals surface area (Å²) in [4.78, 5) is 24.7. The largest absolute Gasteiger partial charge is 0.481 e. The van der Waals surface area contributed by atoms with Crippen LogP contribution in [0.2, 0.25) is 0 Å². The lowest BCUT2D eigenvalue weighted by molar-refractivity contribution is -0.140. The van der Waals surface area contributed by atoms with Crippen LogP contribution in [0.15, 0.2) is 0 Å². The van der Waals surface area contributed by atoms with Crippen LogP contribution in [0.4, 0.5) is 0 Å². The molecule has 5 nitrogen and oxygen atoms in total. The Morgan fingerprint density at radius 2 is 2.28 bits per heavy atom. The normalized spacial score (nSPS) is 21.7. The number of amides is 1. The molecule has 1 fully saturated rings. The van der Waals surface area contributed by atoms with E-state index in [4.69, 9.17) is 5.11 Å². The fraction of sp³-hybridized carbons (Fsp3) is 0.833. The number of carboxylic acid groups (broad SMARTS) is 1. The molecule has 1 aliphatic heterocycles. The fourth-order valence-corrected chi connectivity index (χ4v) is 3.22. The van der Waals surface area contributed by atoms with Gasteiger partial charge in [0.25, 0.3) is 0 Å². The minimum absolute atomic E-state index is 0.0499. The summed E-state index contributed by atoms with van der Waals surface area (Å²) in [6.07, 6.45) is 0.489. The van der Waals surface area contributed by atoms with Crippen molar-refractivity contribution in [3.05, 3.63) is 0 Å². The number of carbonyl (C=O) groups excluding carboxylic acids is 1. The van der Waals surface area contributed by atoms with E-state index in [0.29, 0.717) is 13.0 Å². The van der Waals surface area contributed by atoms with Crippen LogP contribution >= 0.6 is 11.8 Å². The van der Waals surface area contributed by atoms with Gasteiger partial charge in [-0.05, 0) is 13.5 Å². The molecule has 2 atom stereocenters. The van der Waals surface area contributed by atoms with E-state index < -0.39 is 5.97 Å². The molecule has 104 valence electrons. The Kier molecular flexibility index (Phi) is 6.49. The van der Waals surface area contributed by atoms with Crippen LogP contribution in [0.3, 0.4) is 0 Å². The number of hydrogen-bond acceptors (Lipinski definition) is 4. The molecule has 0 radical (unpaired) electrons. The Labute approximate surface area is 112 Å². The zero-order valence-electron chi connectivity index (χ0n) is 11.0. The highest BCUT2D eigenvalue weighted by atomic mass is 32.2. The van der Waals surface area contributed by atoms with Crippen molar-refractivity contribution in [1.29, 1.82) is 0 Å². The molecule has 0 aromatic carbocycles. The van der Waals surface area contributed by atoms with E-state index >= 15 is 0 Å². The number of rotatable bonds is 6. The van der Waals surface area contributed by atoms with Gasteiger partial charge in [-0.1, -0.05) is 6.92 Å². The first-order chi connectivity index (χ1) is 8.54. The smallest absolute Gasteiger partial charge is 0.305 e. The average Bonchev–Trinajstić information content (AvgIpc) is 2.28. The highest BCUT2D eigenvalue weighted by molar-refractivity contribution is 7.99. The van der Waals surface area contributed by atoms with Crippen LogP contribution in [-0.2, 0) is 9.59 Å². The molecule has 0 spiro atoms. The average molecular weight is 274 g/mol. The van der Waals surface area contributed by atoms with Gasteiger partial charge in [-0.25, -0.2) is 0 Å². The van der Waals surface area contributed by atoms with Gasteiger partial charge < -0.3 is 15.3 Å². The van der Waals surface area contributed by atoms with Gasteiger partial charge in [0.15, 0.2) is 0 Å². The van der Waals surface area contributed by atoms with Gasteiger partial charge in [-0.15, -0.1) is 0 Å². The molecule has 1 saturated heterocycles. The monoisotopic (exact) mass is 274 g/mol. The SMILES string of the molecule is CCNC(C)CC(=O)N1CCSCC1CC(=O)O. The molecular weight excluding hydrogens is 252 g/mol. The topological polar surface area (TPSA) is 69.6 Å². The Morgan fingerprint density at radius 3 is 2.89 bits per heavy atom. The van der Waals surface area contributed by atoms with Crippen LogP contribution in [0.25, 0.3) is 0 Å². The molecule has 0 aromatic heterocycles. The van der Waals surface area contributed by atoms with E-state index in [1.807, 2.05) is 13.8 Å². The standard InChI is InChI=1S/C12H22N2O3S/c1-3-13-9(2)6-11(15)14-4-5-18-8-10(14)7-12(16)17/h9-10,13H,3-8H2,1-2H3,(H,16,17). The van der Waals surface area contributed by atoms with E-state index in [9.17, 15) is 9.59 Å². The molecule has 18 heavy (non-hydrogen) atoms. The molecule has 1 rings (SSSR count). The maximum Gasteiger partial charge on any atom is 0.305 e. The summed E-state index contributed by atoms with van der Waals surface area (Å²) in [5.74, 6) is 0.862. The number of carbonyl (C=O) groups is 2. The Balaban J connectivity index is 2.54. The lowest BCUT2D eigenvalue weighted by atomic mass is 10.1. The molecule has 2 unspecified atom stereocenters. The van der Waals surface area contributed by atoms with Gasteiger partial charge in [0.1, 0.15) is 0 Å². The number of nitrogens with zero attached hydrogens (tertiary/aromatic N) is 1. The van der Waals surface area contributed by atoms with Gasteiger partial charge in [-0.2, -0.15) is 11.8 Å². The van der Waals surface area contributed by atoms with Gasteiger partial charge in [-0.3, -0.25) is 9.59 Å². The van der Waals surface area contributed by atoms with Crippen molar-refractivity contribution >= 4 is 23.6 Å². The molecule has 6 heteroatoms. The molecule has 1 aliphatic rings. The first-order valence-corrected chi connectivity index (χ1v) is 7.52. The summed E-state index contributed by atoms with van der Waals surface area (Å²) in [7, 11) is 0. The van der Waals surface area contributed by atoms with Crippen LogP contribution in [0, 0.1) is 0 Å². The maximum atomic E-state index is 12.2. The summed E-state index contributed by atoms with van der Waals surface area (Å²) < 4.78 is 0. The molecule has 1 heterocycles. The number of thioether (sulfide) groups is 1. The summed E-state index contributed by atoms with van der Waals surface area (Å²) in [6.45, 7) is 5.49. The molecule has 0 aromatic rings. The molecule has 0 saturated carbocycles. The van der Waals surface area contributed by atoms with E-state index in [1.165, 1.54) is 0 Å². The maximum absolute atomic E-state index is 12.2. The first kappa shape index (κ1) is 15.3. The van der Waals surface area contributed by atoms with E-state index in [0.717, 1.165) is 18.1 Å². The lowest BCUT2D eigenvalue weighted by Crippen LogP contribution is -2.48. The Bertz CT molecular complexity index is 299. The summed E-state index contributed by atoms with van der Waals surface area (Å²) in [6, 6.07) is -0.00914. The quantitative estimate of drug-likeness (QED) is 0.749.